The predicted octanol–water partition coefficient (Wildman–Crippen LogP) is 8.29. The Morgan fingerprint density at radius 1 is 0.844 bits per heavy atom. The molecule has 0 fully saturated rings. The van der Waals surface area contributed by atoms with Crippen LogP contribution in [0.4, 0.5) is 0 Å². The summed E-state index contributed by atoms with van der Waals surface area (Å²) in [6.07, 6.45) is 2.78. The smallest absolute Gasteiger partial charge is 0.307 e. The van der Waals surface area contributed by atoms with Crippen LogP contribution in [-0.2, 0) is 36.2 Å². The summed E-state index contributed by atoms with van der Waals surface area (Å²) in [4.78, 5) is 14.0. The van der Waals surface area contributed by atoms with E-state index in [-0.39, 0.29) is 11.8 Å². The molecule has 0 bridgehead atoms. The van der Waals surface area contributed by atoms with Gasteiger partial charge < -0.3 is 14.7 Å². The van der Waals surface area contributed by atoms with Gasteiger partial charge in [0.25, 0.3) is 0 Å². The van der Waals surface area contributed by atoms with Gasteiger partial charge in [0, 0.05) is 18.5 Å². The quantitative estimate of drug-likeness (QED) is 0.167. The summed E-state index contributed by atoms with van der Waals surface area (Å²) in [7, 11) is 0. The van der Waals surface area contributed by atoms with Crippen molar-refractivity contribution in [3.63, 3.8) is 0 Å². The molecule has 1 N–H and O–H groups in total. The van der Waals surface area contributed by atoms with Crippen LogP contribution in [0, 0.1) is 0 Å². The Hall–Kier alpha value is -4.58. The summed E-state index contributed by atoms with van der Waals surface area (Å²) in [5, 5.41) is 16.7. The molecule has 0 saturated heterocycles. The van der Waals surface area contributed by atoms with Gasteiger partial charge in [0.15, 0.2) is 0 Å². The predicted molar refractivity (Wildman–Crippen MR) is 182 cm³/mol. The molecule has 1 heterocycles. The average molecular weight is 604 g/mol. The monoisotopic (exact) mass is 603 g/mol. The molecule has 0 saturated carbocycles. The van der Waals surface area contributed by atoms with Crippen molar-refractivity contribution in [2.75, 3.05) is 13.2 Å². The molecule has 4 aromatic rings. The summed E-state index contributed by atoms with van der Waals surface area (Å²) in [5.74, 6) is 0.887. The highest BCUT2D eigenvalue weighted by Gasteiger charge is 2.22. The van der Waals surface area contributed by atoms with Gasteiger partial charge in [-0.05, 0) is 70.7 Å². The summed E-state index contributed by atoms with van der Waals surface area (Å²) in [6.45, 7) is 11.9. The van der Waals surface area contributed by atoms with Gasteiger partial charge in [0.1, 0.15) is 24.9 Å². The zero-order valence-electron chi connectivity index (χ0n) is 27.0. The number of amidine groups is 1. The number of aliphatic carboxylic acids is 1. The van der Waals surface area contributed by atoms with Gasteiger partial charge in [0.2, 0.25) is 0 Å². The first-order chi connectivity index (χ1) is 21.7. The molecule has 0 spiro atoms. The summed E-state index contributed by atoms with van der Waals surface area (Å²) >= 11 is 0. The molecular weight excluding hydrogens is 558 g/mol. The van der Waals surface area contributed by atoms with Gasteiger partial charge in [-0.15, -0.1) is 0 Å². The number of aryl methyl sites for hydroxylation is 1. The van der Waals surface area contributed by atoms with Crippen molar-refractivity contribution < 1.29 is 14.6 Å². The maximum Gasteiger partial charge on any atom is 0.307 e. The van der Waals surface area contributed by atoms with Crippen molar-refractivity contribution >= 4 is 11.8 Å². The lowest BCUT2D eigenvalue weighted by Crippen LogP contribution is -2.30. The molecule has 0 amide bonds. The molecule has 234 valence electrons. The molecule has 0 radical (unpaired) electrons. The first-order valence-electron chi connectivity index (χ1n) is 16.0. The third-order valence-electron chi connectivity index (χ3n) is 8.29. The first kappa shape index (κ1) is 31.8. The number of benzene rings is 4. The van der Waals surface area contributed by atoms with Crippen LogP contribution in [0.3, 0.4) is 0 Å². The van der Waals surface area contributed by atoms with E-state index >= 15 is 0 Å². The Labute approximate surface area is 268 Å². The van der Waals surface area contributed by atoms with Crippen LogP contribution in [0.2, 0.25) is 0 Å². The van der Waals surface area contributed by atoms with Gasteiger partial charge in [-0.2, -0.15) is 5.10 Å². The van der Waals surface area contributed by atoms with Gasteiger partial charge in [-0.3, -0.25) is 9.80 Å². The van der Waals surface area contributed by atoms with E-state index in [4.69, 9.17) is 9.84 Å². The summed E-state index contributed by atoms with van der Waals surface area (Å²) < 4.78 is 6.03. The highest BCUT2D eigenvalue weighted by Crippen LogP contribution is 2.29. The Bertz CT molecular complexity index is 1610. The average Bonchev–Trinajstić information content (AvgIpc) is 3.42. The van der Waals surface area contributed by atoms with E-state index in [1.807, 2.05) is 48.5 Å². The second-order valence-electron chi connectivity index (χ2n) is 12.8. The number of carboxylic acids is 1. The number of ether oxygens (including phenoxy) is 1. The van der Waals surface area contributed by atoms with Gasteiger partial charge in [-0.1, -0.05) is 106 Å². The second-order valence-corrected chi connectivity index (χ2v) is 12.8. The first-order valence-corrected chi connectivity index (χ1v) is 16.0. The van der Waals surface area contributed by atoms with E-state index in [1.54, 1.807) is 0 Å². The van der Waals surface area contributed by atoms with E-state index in [1.165, 1.54) is 16.7 Å². The minimum Gasteiger partial charge on any atom is -0.489 e. The fraction of sp³-hybridized carbons (Fsp3) is 0.333. The van der Waals surface area contributed by atoms with E-state index in [9.17, 15) is 9.90 Å². The Balaban J connectivity index is 1.21. The van der Waals surface area contributed by atoms with Crippen LogP contribution in [0.1, 0.15) is 68.4 Å². The van der Waals surface area contributed by atoms with E-state index in [0.29, 0.717) is 17.9 Å². The molecule has 0 unspecified atom stereocenters. The fourth-order valence-corrected chi connectivity index (χ4v) is 5.73. The number of hydrogen-bond acceptors (Lipinski definition) is 5. The van der Waals surface area contributed by atoms with Crippen molar-refractivity contribution in [1.82, 2.24) is 9.91 Å². The molecule has 0 atom stereocenters. The Morgan fingerprint density at radius 2 is 1.58 bits per heavy atom. The number of rotatable bonds is 13. The lowest BCUT2D eigenvalue weighted by Gasteiger charge is -2.21. The van der Waals surface area contributed by atoms with Crippen LogP contribution in [0.25, 0.3) is 11.1 Å². The maximum absolute atomic E-state index is 11.7. The van der Waals surface area contributed by atoms with Crippen LogP contribution >= 0.6 is 0 Å². The summed E-state index contributed by atoms with van der Waals surface area (Å²) in [6, 6.07) is 33.2. The minimum atomic E-state index is -0.876. The van der Waals surface area contributed by atoms with Crippen molar-refractivity contribution in [3.8, 4) is 16.9 Å². The lowest BCUT2D eigenvalue weighted by molar-refractivity contribution is -0.136. The van der Waals surface area contributed by atoms with Crippen molar-refractivity contribution in [1.29, 1.82) is 0 Å². The van der Waals surface area contributed by atoms with Crippen LogP contribution in [0.5, 0.6) is 5.75 Å². The topological polar surface area (TPSA) is 65.4 Å². The SMILES string of the molecule is CCN1CN(Cc2ccc(C(C)(C)C)cc2)N=C1CCCc1cccc(-c2ccc(OCc3ccccc3)c(CC(=O)O)c2)c1. The van der Waals surface area contributed by atoms with Crippen molar-refractivity contribution in [2.24, 2.45) is 5.10 Å². The zero-order valence-corrected chi connectivity index (χ0v) is 27.0. The minimum absolute atomic E-state index is 0.0903. The largest absolute Gasteiger partial charge is 0.489 e. The van der Waals surface area contributed by atoms with E-state index in [0.717, 1.165) is 61.5 Å². The molecule has 5 rings (SSSR count). The molecule has 4 aromatic carbocycles. The van der Waals surface area contributed by atoms with Gasteiger partial charge >= 0.3 is 5.97 Å². The standard InChI is InChI=1S/C39H45N3O3/c1-5-41-28-42(26-30-17-20-35(21-18-30)39(2,3)4)40-37(41)16-10-14-29-13-9-15-32(23-29)33-19-22-36(34(24-33)25-38(43)44)45-27-31-11-7-6-8-12-31/h6-9,11-13,15,17-24H,5,10,14,16,25-28H2,1-4H3,(H,43,44). The highest BCUT2D eigenvalue weighted by molar-refractivity contribution is 5.83. The number of carboxylic acid groups (broad SMARTS) is 1. The van der Waals surface area contributed by atoms with E-state index < -0.39 is 5.97 Å². The molecule has 1 aliphatic heterocycles. The zero-order chi connectivity index (χ0) is 31.8. The highest BCUT2D eigenvalue weighted by atomic mass is 16.5. The van der Waals surface area contributed by atoms with Gasteiger partial charge in [0.05, 0.1) is 13.0 Å². The van der Waals surface area contributed by atoms with Crippen LogP contribution in [-0.4, -0.2) is 40.0 Å². The third-order valence-corrected chi connectivity index (χ3v) is 8.29. The number of carbonyl (C=O) groups is 1. The van der Waals surface area contributed by atoms with Crippen molar-refractivity contribution in [3.05, 3.63) is 125 Å². The summed E-state index contributed by atoms with van der Waals surface area (Å²) in [5.41, 5.74) is 7.82. The third kappa shape index (κ3) is 8.75. The lowest BCUT2D eigenvalue weighted by atomic mass is 9.87. The number of nitrogens with zero attached hydrogens (tertiary/aromatic N) is 3. The Morgan fingerprint density at radius 3 is 2.29 bits per heavy atom. The van der Waals surface area contributed by atoms with E-state index in [2.05, 4.69) is 86.1 Å². The van der Waals surface area contributed by atoms with Crippen LogP contribution in [0.15, 0.2) is 102 Å². The molecule has 6 nitrogen and oxygen atoms in total. The molecule has 45 heavy (non-hydrogen) atoms. The van der Waals surface area contributed by atoms with Gasteiger partial charge in [-0.25, -0.2) is 0 Å². The molecular formula is C39H45N3O3. The van der Waals surface area contributed by atoms with Crippen LogP contribution < -0.4 is 4.74 Å². The Kier molecular flexibility index (Phi) is 10.2. The second kappa shape index (κ2) is 14.5. The fourth-order valence-electron chi connectivity index (χ4n) is 5.73. The maximum atomic E-state index is 11.7. The number of hydrogen-bond donors (Lipinski definition) is 1. The molecule has 0 aromatic heterocycles. The molecule has 6 heteroatoms. The van der Waals surface area contributed by atoms with Crippen molar-refractivity contribution in [2.45, 2.75) is 71.9 Å². The normalized spacial score (nSPS) is 13.2. The molecule has 0 aliphatic carbocycles. The molecule has 1 aliphatic rings. The number of hydrazone groups is 1.